The first-order chi connectivity index (χ1) is 13.6. The Hall–Kier alpha value is -1.86. The third kappa shape index (κ3) is 3.19. The average Bonchev–Trinajstić information content (AvgIpc) is 3.22. The topological polar surface area (TPSA) is 85.0 Å². The summed E-state index contributed by atoms with van der Waals surface area (Å²) in [5.41, 5.74) is -0.337. The highest BCUT2D eigenvalue weighted by atomic mass is 35.5. The molecule has 5 atom stereocenters. The van der Waals surface area contributed by atoms with Crippen LogP contribution in [0.3, 0.4) is 0 Å². The smallest absolute Gasteiger partial charge is 0.256 e. The predicted molar refractivity (Wildman–Crippen MR) is 109 cm³/mol. The number of rotatable bonds is 3. The van der Waals surface area contributed by atoms with Crippen LogP contribution in [0.2, 0.25) is 5.02 Å². The van der Waals surface area contributed by atoms with Crippen molar-refractivity contribution in [3.63, 3.8) is 0 Å². The zero-order valence-electron chi connectivity index (χ0n) is 17.1. The van der Waals surface area contributed by atoms with Crippen LogP contribution >= 0.6 is 11.6 Å². The Morgan fingerprint density at radius 2 is 1.90 bits per heavy atom. The number of carbonyl (C=O) groups is 1. The van der Waals surface area contributed by atoms with Gasteiger partial charge in [0, 0.05) is 6.04 Å². The van der Waals surface area contributed by atoms with Gasteiger partial charge in [0.2, 0.25) is 0 Å². The van der Waals surface area contributed by atoms with Crippen molar-refractivity contribution in [1.82, 2.24) is 24.9 Å². The van der Waals surface area contributed by atoms with E-state index in [-0.39, 0.29) is 17.5 Å². The van der Waals surface area contributed by atoms with Crippen molar-refractivity contribution >= 4 is 17.5 Å². The van der Waals surface area contributed by atoms with Crippen LogP contribution in [0.25, 0.3) is 5.82 Å². The molecular weight excluding hydrogens is 390 g/mol. The number of aliphatic hydroxyl groups is 1. The van der Waals surface area contributed by atoms with Gasteiger partial charge in [0.15, 0.2) is 5.82 Å². The molecule has 2 heterocycles. The molecule has 1 amide bonds. The summed E-state index contributed by atoms with van der Waals surface area (Å²) in [5, 5.41) is 23.4. The van der Waals surface area contributed by atoms with Gasteiger partial charge >= 0.3 is 0 Å². The molecule has 8 heteroatoms. The van der Waals surface area contributed by atoms with Crippen LogP contribution in [0.15, 0.2) is 18.6 Å². The van der Waals surface area contributed by atoms with Gasteiger partial charge in [-0.1, -0.05) is 11.6 Å². The summed E-state index contributed by atoms with van der Waals surface area (Å²) >= 11 is 6.09. The van der Waals surface area contributed by atoms with Gasteiger partial charge in [0.05, 0.1) is 34.8 Å². The van der Waals surface area contributed by atoms with Crippen molar-refractivity contribution in [3.05, 3.63) is 29.2 Å². The number of halogens is 1. The van der Waals surface area contributed by atoms with Gasteiger partial charge < -0.3 is 10.4 Å². The second-order valence-electron chi connectivity index (χ2n) is 10.3. The quantitative estimate of drug-likeness (QED) is 0.803. The number of hydrogen-bond donors (Lipinski definition) is 2. The molecule has 2 N–H and O–H groups in total. The van der Waals surface area contributed by atoms with Crippen molar-refractivity contribution in [2.75, 3.05) is 0 Å². The fraction of sp³-hybridized carbons (Fsp3) is 0.667. The molecule has 0 aliphatic heterocycles. The molecular formula is C21H28ClN5O2. The van der Waals surface area contributed by atoms with E-state index in [0.29, 0.717) is 34.2 Å². The minimum atomic E-state index is -0.508. The molecule has 4 saturated carbocycles. The molecule has 7 nitrogen and oxygen atoms in total. The van der Waals surface area contributed by atoms with E-state index in [4.69, 9.17) is 11.6 Å². The number of carbonyl (C=O) groups excluding carboxylic acids is 1. The summed E-state index contributed by atoms with van der Waals surface area (Å²) in [6.45, 7) is 6.11. The van der Waals surface area contributed by atoms with Gasteiger partial charge in [0.25, 0.3) is 5.91 Å². The molecule has 0 radical (unpaired) electrons. The van der Waals surface area contributed by atoms with Gasteiger partial charge in [-0.05, 0) is 70.6 Å². The van der Waals surface area contributed by atoms with E-state index < -0.39 is 5.60 Å². The van der Waals surface area contributed by atoms with Gasteiger partial charge in [-0.2, -0.15) is 10.2 Å². The Bertz CT molecular complexity index is 943. The van der Waals surface area contributed by atoms with E-state index >= 15 is 0 Å². The van der Waals surface area contributed by atoms with Crippen LogP contribution < -0.4 is 5.32 Å². The number of nitrogens with zero attached hydrogens (tertiary/aromatic N) is 4. The van der Waals surface area contributed by atoms with Crippen LogP contribution in [0.1, 0.15) is 63.2 Å². The average molecular weight is 418 g/mol. The minimum absolute atomic E-state index is 0.117. The second-order valence-corrected chi connectivity index (χ2v) is 10.7. The third-order valence-corrected chi connectivity index (χ3v) is 7.13. The monoisotopic (exact) mass is 417 g/mol. The predicted octanol–water partition coefficient (Wildman–Crippen LogP) is 3.15. The Labute approximate surface area is 175 Å². The van der Waals surface area contributed by atoms with Crippen LogP contribution in [0, 0.1) is 17.8 Å². The first-order valence-corrected chi connectivity index (χ1v) is 10.8. The lowest BCUT2D eigenvalue weighted by atomic mass is 9.52. The van der Waals surface area contributed by atoms with E-state index in [1.54, 1.807) is 23.3 Å². The van der Waals surface area contributed by atoms with Crippen molar-refractivity contribution in [3.8, 4) is 5.82 Å². The maximum Gasteiger partial charge on any atom is 0.256 e. The van der Waals surface area contributed by atoms with Gasteiger partial charge in [-0.3, -0.25) is 4.79 Å². The van der Waals surface area contributed by atoms with Crippen LogP contribution in [-0.4, -0.2) is 42.2 Å². The largest absolute Gasteiger partial charge is 0.390 e. The molecule has 4 aliphatic carbocycles. The lowest BCUT2D eigenvalue weighted by Crippen LogP contribution is -2.61. The summed E-state index contributed by atoms with van der Waals surface area (Å²) in [5.74, 6) is 1.80. The SMILES string of the molecule is CC(C)(C)n1ncc(C(=O)NC2[C@@H]3CC4C[C@H]2CC(O)(C4)C3)c1-n1cc(Cl)cn1. The first kappa shape index (κ1) is 19.1. The summed E-state index contributed by atoms with van der Waals surface area (Å²) in [7, 11) is 0. The van der Waals surface area contributed by atoms with Crippen molar-refractivity contribution in [1.29, 1.82) is 0 Å². The number of hydrogen-bond acceptors (Lipinski definition) is 4. The second kappa shape index (κ2) is 6.32. The highest BCUT2D eigenvalue weighted by Gasteiger charge is 2.55. The fourth-order valence-corrected chi connectivity index (χ4v) is 6.21. The zero-order valence-corrected chi connectivity index (χ0v) is 17.9. The van der Waals surface area contributed by atoms with E-state index in [9.17, 15) is 9.90 Å². The van der Waals surface area contributed by atoms with Crippen LogP contribution in [0.5, 0.6) is 0 Å². The highest BCUT2D eigenvalue weighted by molar-refractivity contribution is 6.30. The van der Waals surface area contributed by atoms with Gasteiger partial charge in [-0.15, -0.1) is 0 Å². The maximum absolute atomic E-state index is 13.4. The number of aromatic nitrogens is 4. The number of nitrogens with one attached hydrogen (secondary N) is 1. The lowest BCUT2D eigenvalue weighted by Gasteiger charge is -2.58. The lowest BCUT2D eigenvalue weighted by molar-refractivity contribution is -0.136. The molecule has 2 aromatic heterocycles. The Balaban J connectivity index is 1.46. The molecule has 29 heavy (non-hydrogen) atoms. The first-order valence-electron chi connectivity index (χ1n) is 10.5. The zero-order chi connectivity index (χ0) is 20.6. The van der Waals surface area contributed by atoms with Crippen molar-refractivity contribution < 1.29 is 9.90 Å². The molecule has 0 saturated heterocycles. The van der Waals surface area contributed by atoms with Crippen LogP contribution in [-0.2, 0) is 5.54 Å². The van der Waals surface area contributed by atoms with E-state index in [1.165, 1.54) is 0 Å². The molecule has 2 aromatic rings. The molecule has 0 aromatic carbocycles. The standard InChI is InChI=1S/C21H28ClN5O2/c1-20(2,3)27-19(26-11-15(22)9-23-26)16(10-24-27)18(28)25-17-13-4-12-5-14(17)8-21(29,6-12)7-13/h9-14,17,29H,4-8H2,1-3H3,(H,25,28)/t12?,13-,14+,17?,21?. The molecule has 156 valence electrons. The Morgan fingerprint density at radius 3 is 2.45 bits per heavy atom. The van der Waals surface area contributed by atoms with Gasteiger partial charge in [0.1, 0.15) is 5.56 Å². The normalized spacial score (nSPS) is 33.3. The fourth-order valence-electron chi connectivity index (χ4n) is 6.08. The molecule has 4 fully saturated rings. The molecule has 3 unspecified atom stereocenters. The summed E-state index contributed by atoms with van der Waals surface area (Å²) in [6.07, 6.45) is 9.61. The number of amides is 1. The van der Waals surface area contributed by atoms with Crippen molar-refractivity contribution in [2.24, 2.45) is 17.8 Å². The molecule has 4 aliphatic rings. The van der Waals surface area contributed by atoms with E-state index in [0.717, 1.165) is 32.1 Å². The summed E-state index contributed by atoms with van der Waals surface area (Å²) in [4.78, 5) is 13.4. The Kier molecular flexibility index (Phi) is 4.17. The van der Waals surface area contributed by atoms with E-state index in [1.807, 2.05) is 25.5 Å². The van der Waals surface area contributed by atoms with E-state index in [2.05, 4.69) is 15.5 Å². The van der Waals surface area contributed by atoms with Crippen molar-refractivity contribution in [2.45, 2.75) is 70.1 Å². The highest BCUT2D eigenvalue weighted by Crippen LogP contribution is 2.55. The summed E-state index contributed by atoms with van der Waals surface area (Å²) in [6, 6.07) is 0.117. The van der Waals surface area contributed by atoms with Gasteiger partial charge in [-0.25, -0.2) is 9.36 Å². The maximum atomic E-state index is 13.4. The summed E-state index contributed by atoms with van der Waals surface area (Å²) < 4.78 is 3.43. The third-order valence-electron chi connectivity index (χ3n) is 6.93. The molecule has 0 spiro atoms. The minimum Gasteiger partial charge on any atom is -0.390 e. The Morgan fingerprint density at radius 1 is 1.21 bits per heavy atom. The molecule has 4 bridgehead atoms. The van der Waals surface area contributed by atoms with Crippen LogP contribution in [0.4, 0.5) is 0 Å². The molecule has 6 rings (SSSR count).